The Bertz CT molecular complexity index is 560. The van der Waals surface area contributed by atoms with Gasteiger partial charge in [-0.15, -0.1) is 0 Å². The molecule has 2 aliphatic rings. The van der Waals surface area contributed by atoms with Crippen LogP contribution in [0.4, 0.5) is 0 Å². The Labute approximate surface area is 81.1 Å². The molecule has 0 spiro atoms. The number of allylic oxidation sites excluding steroid dienone is 3. The predicted octanol–water partition coefficient (Wildman–Crippen LogP) is 0.215. The van der Waals surface area contributed by atoms with Crippen LogP contribution in [0.25, 0.3) is 11.6 Å². The number of aromatic nitrogens is 2. The summed E-state index contributed by atoms with van der Waals surface area (Å²) < 4.78 is 5.31. The summed E-state index contributed by atoms with van der Waals surface area (Å²) >= 11 is 0. The highest BCUT2D eigenvalue weighted by Gasteiger charge is 2.18. The van der Waals surface area contributed by atoms with Gasteiger partial charge in [-0.3, -0.25) is 5.10 Å². The molecule has 2 aliphatic carbocycles. The molecule has 0 bridgehead atoms. The predicted molar refractivity (Wildman–Crippen MR) is 53.5 cm³/mol. The maximum Gasteiger partial charge on any atom is 0.126 e. The van der Waals surface area contributed by atoms with E-state index in [0.29, 0.717) is 0 Å². The van der Waals surface area contributed by atoms with Crippen LogP contribution in [0.15, 0.2) is 29.7 Å². The third kappa shape index (κ3) is 0.839. The van der Waals surface area contributed by atoms with E-state index in [2.05, 4.69) is 22.3 Å². The summed E-state index contributed by atoms with van der Waals surface area (Å²) in [6, 6.07) is 0. The Morgan fingerprint density at radius 2 is 2.43 bits per heavy atom. The van der Waals surface area contributed by atoms with E-state index in [1.165, 1.54) is 16.4 Å². The summed E-state index contributed by atoms with van der Waals surface area (Å²) in [7, 11) is 1.70. The van der Waals surface area contributed by atoms with Crippen molar-refractivity contribution in [2.45, 2.75) is 6.42 Å². The summed E-state index contributed by atoms with van der Waals surface area (Å²) in [5.41, 5.74) is 2.51. The van der Waals surface area contributed by atoms with Gasteiger partial charge in [-0.2, -0.15) is 5.10 Å². The SMILES string of the molecule is COC1=C2C=c3[nH]ncc3=C2CC=C1. The standard InChI is InChI=1S/C11H10N2O/c1-14-11-4-2-3-7-8(11)5-10-9(7)6-12-13-10/h2,4-6,13H,3H2,1H3. The van der Waals surface area contributed by atoms with Gasteiger partial charge in [0.15, 0.2) is 0 Å². The van der Waals surface area contributed by atoms with Gasteiger partial charge in [0.1, 0.15) is 5.76 Å². The lowest BCUT2D eigenvalue weighted by Crippen LogP contribution is -2.19. The molecule has 1 aromatic heterocycles. The van der Waals surface area contributed by atoms with Gasteiger partial charge in [-0.25, -0.2) is 0 Å². The lowest BCUT2D eigenvalue weighted by Gasteiger charge is -2.12. The van der Waals surface area contributed by atoms with Crippen LogP contribution in [-0.4, -0.2) is 17.3 Å². The Hall–Kier alpha value is -1.77. The van der Waals surface area contributed by atoms with Crippen LogP contribution < -0.4 is 10.6 Å². The minimum Gasteiger partial charge on any atom is -0.496 e. The highest BCUT2D eigenvalue weighted by molar-refractivity contribution is 5.84. The maximum absolute atomic E-state index is 5.31. The van der Waals surface area contributed by atoms with Crippen molar-refractivity contribution >= 4 is 11.6 Å². The molecule has 1 aromatic rings. The average molecular weight is 186 g/mol. The van der Waals surface area contributed by atoms with E-state index >= 15 is 0 Å². The van der Waals surface area contributed by atoms with E-state index in [0.717, 1.165) is 17.5 Å². The first-order valence-electron chi connectivity index (χ1n) is 4.59. The third-order valence-electron chi connectivity index (χ3n) is 2.68. The Morgan fingerprint density at radius 1 is 1.50 bits per heavy atom. The molecule has 0 saturated carbocycles. The average Bonchev–Trinajstić information content (AvgIpc) is 2.76. The minimum absolute atomic E-state index is 0.941. The second kappa shape index (κ2) is 2.61. The van der Waals surface area contributed by atoms with E-state index in [1.54, 1.807) is 7.11 Å². The lowest BCUT2D eigenvalue weighted by molar-refractivity contribution is 0.304. The molecular weight excluding hydrogens is 176 g/mol. The van der Waals surface area contributed by atoms with E-state index in [4.69, 9.17) is 4.74 Å². The van der Waals surface area contributed by atoms with E-state index in [-0.39, 0.29) is 0 Å². The number of hydrogen-bond acceptors (Lipinski definition) is 2. The van der Waals surface area contributed by atoms with Crippen molar-refractivity contribution < 1.29 is 4.74 Å². The van der Waals surface area contributed by atoms with Crippen LogP contribution in [0, 0.1) is 0 Å². The molecule has 70 valence electrons. The quantitative estimate of drug-likeness (QED) is 0.681. The van der Waals surface area contributed by atoms with Crippen molar-refractivity contribution in [1.82, 2.24) is 10.2 Å². The molecule has 0 amide bonds. The number of rotatable bonds is 1. The monoisotopic (exact) mass is 186 g/mol. The van der Waals surface area contributed by atoms with Crippen LogP contribution in [0.1, 0.15) is 6.42 Å². The zero-order valence-corrected chi connectivity index (χ0v) is 7.87. The molecule has 3 nitrogen and oxygen atoms in total. The topological polar surface area (TPSA) is 37.9 Å². The van der Waals surface area contributed by atoms with E-state index in [1.807, 2.05) is 12.3 Å². The first-order valence-corrected chi connectivity index (χ1v) is 4.59. The molecule has 14 heavy (non-hydrogen) atoms. The van der Waals surface area contributed by atoms with Crippen molar-refractivity contribution in [3.8, 4) is 0 Å². The number of nitrogens with zero attached hydrogens (tertiary/aromatic N) is 1. The number of nitrogens with one attached hydrogen (secondary N) is 1. The Morgan fingerprint density at radius 3 is 3.29 bits per heavy atom. The molecule has 0 aliphatic heterocycles. The van der Waals surface area contributed by atoms with Gasteiger partial charge in [0.2, 0.25) is 0 Å². The smallest absolute Gasteiger partial charge is 0.126 e. The molecule has 0 atom stereocenters. The van der Waals surface area contributed by atoms with Crippen LogP contribution >= 0.6 is 0 Å². The Balaban J connectivity index is 2.37. The maximum atomic E-state index is 5.31. The summed E-state index contributed by atoms with van der Waals surface area (Å²) in [5.74, 6) is 0.941. The highest BCUT2D eigenvalue weighted by atomic mass is 16.5. The molecule has 0 aromatic carbocycles. The molecule has 3 heteroatoms. The minimum atomic E-state index is 0.941. The van der Waals surface area contributed by atoms with E-state index in [9.17, 15) is 0 Å². The number of fused-ring (bicyclic) bond motifs is 2. The number of methoxy groups -OCH3 is 1. The lowest BCUT2D eigenvalue weighted by atomic mass is 9.99. The highest BCUT2D eigenvalue weighted by Crippen LogP contribution is 2.27. The fraction of sp³-hybridized carbons (Fsp3) is 0.182. The van der Waals surface area contributed by atoms with Crippen molar-refractivity contribution in [1.29, 1.82) is 0 Å². The van der Waals surface area contributed by atoms with Gasteiger partial charge in [0.05, 0.1) is 18.7 Å². The summed E-state index contributed by atoms with van der Waals surface area (Å²) in [6.07, 6.45) is 9.08. The third-order valence-corrected chi connectivity index (χ3v) is 2.68. The molecule has 1 N–H and O–H groups in total. The summed E-state index contributed by atoms with van der Waals surface area (Å²) in [5, 5.41) is 9.29. The fourth-order valence-electron chi connectivity index (χ4n) is 2.01. The first-order chi connectivity index (χ1) is 6.90. The molecule has 0 unspecified atom stereocenters. The number of ether oxygens (including phenoxy) is 1. The van der Waals surface area contributed by atoms with Crippen LogP contribution in [0.5, 0.6) is 0 Å². The molecular formula is C11H10N2O. The molecule has 0 fully saturated rings. The van der Waals surface area contributed by atoms with Crippen molar-refractivity contribution in [2.24, 2.45) is 0 Å². The van der Waals surface area contributed by atoms with Crippen LogP contribution in [0.2, 0.25) is 0 Å². The van der Waals surface area contributed by atoms with E-state index < -0.39 is 0 Å². The second-order valence-corrected chi connectivity index (χ2v) is 3.41. The Kier molecular flexibility index (Phi) is 1.42. The molecule has 1 heterocycles. The summed E-state index contributed by atoms with van der Waals surface area (Å²) in [6.45, 7) is 0. The molecule has 0 saturated heterocycles. The van der Waals surface area contributed by atoms with Gasteiger partial charge in [0.25, 0.3) is 0 Å². The van der Waals surface area contributed by atoms with Gasteiger partial charge in [0, 0.05) is 10.8 Å². The van der Waals surface area contributed by atoms with Crippen LogP contribution in [0.3, 0.4) is 0 Å². The molecule has 3 rings (SSSR count). The normalized spacial score (nSPS) is 17.9. The molecule has 0 radical (unpaired) electrons. The van der Waals surface area contributed by atoms with Gasteiger partial charge in [-0.05, 0) is 24.1 Å². The zero-order chi connectivity index (χ0) is 9.54. The number of aromatic amines is 1. The van der Waals surface area contributed by atoms with Gasteiger partial charge >= 0.3 is 0 Å². The van der Waals surface area contributed by atoms with Gasteiger partial charge < -0.3 is 4.74 Å². The fourth-order valence-corrected chi connectivity index (χ4v) is 2.01. The van der Waals surface area contributed by atoms with Crippen molar-refractivity contribution in [3.63, 3.8) is 0 Å². The van der Waals surface area contributed by atoms with Crippen molar-refractivity contribution in [2.75, 3.05) is 7.11 Å². The summed E-state index contributed by atoms with van der Waals surface area (Å²) in [4.78, 5) is 0. The van der Waals surface area contributed by atoms with Crippen molar-refractivity contribution in [3.05, 3.63) is 40.2 Å². The van der Waals surface area contributed by atoms with Crippen LogP contribution in [-0.2, 0) is 4.74 Å². The first kappa shape index (κ1) is 7.62. The zero-order valence-electron chi connectivity index (χ0n) is 7.87. The second-order valence-electron chi connectivity index (χ2n) is 3.41. The number of H-pyrrole nitrogens is 1. The largest absolute Gasteiger partial charge is 0.496 e. The number of hydrogen-bond donors (Lipinski definition) is 1. The van der Waals surface area contributed by atoms with Gasteiger partial charge in [-0.1, -0.05) is 6.08 Å².